The topological polar surface area (TPSA) is 60.5 Å². The van der Waals surface area contributed by atoms with Crippen molar-refractivity contribution in [1.29, 1.82) is 0 Å². The van der Waals surface area contributed by atoms with E-state index in [0.29, 0.717) is 22.4 Å². The minimum Gasteiger partial charge on any atom is -0.490 e. The molecule has 1 aromatic carbocycles. The molecule has 1 N–H and O–H groups in total. The number of thiazole rings is 1. The van der Waals surface area contributed by atoms with Gasteiger partial charge in [0.2, 0.25) is 0 Å². The molecule has 7 heteroatoms. The first-order valence-corrected chi connectivity index (χ1v) is 7.80. The van der Waals surface area contributed by atoms with Crippen LogP contribution in [0, 0.1) is 0 Å². The lowest BCUT2D eigenvalue weighted by atomic mass is 10.3. The van der Waals surface area contributed by atoms with Crippen LogP contribution in [0.5, 0.6) is 5.75 Å². The monoisotopic (exact) mass is 338 g/mol. The van der Waals surface area contributed by atoms with Crippen molar-refractivity contribution in [1.82, 2.24) is 4.98 Å². The number of benzene rings is 1. The van der Waals surface area contributed by atoms with Crippen LogP contribution in [-0.4, -0.2) is 30.7 Å². The minimum atomic E-state index is -0.470. The first-order chi connectivity index (χ1) is 10.7. The summed E-state index contributed by atoms with van der Waals surface area (Å²) >= 11 is 7.12. The van der Waals surface area contributed by atoms with Gasteiger partial charge >= 0.3 is 5.97 Å². The predicted octanol–water partition coefficient (Wildman–Crippen LogP) is 3.63. The van der Waals surface area contributed by atoms with Crippen LogP contribution in [0.1, 0.15) is 10.5 Å². The lowest BCUT2D eigenvalue weighted by Crippen LogP contribution is -2.12. The maximum atomic E-state index is 11.8. The van der Waals surface area contributed by atoms with E-state index in [0.717, 1.165) is 0 Å². The number of esters is 1. The van der Waals surface area contributed by atoms with E-state index in [1.807, 2.05) is 0 Å². The first-order valence-electron chi connectivity index (χ1n) is 6.55. The second kappa shape index (κ2) is 8.41. The van der Waals surface area contributed by atoms with Crippen molar-refractivity contribution in [3.05, 3.63) is 53.0 Å². The van der Waals surface area contributed by atoms with Crippen molar-refractivity contribution in [3.63, 3.8) is 0 Å². The number of hydrogen-bond donors (Lipinski definition) is 1. The summed E-state index contributed by atoms with van der Waals surface area (Å²) in [6.45, 7) is 4.60. The van der Waals surface area contributed by atoms with Gasteiger partial charge in [-0.25, -0.2) is 9.78 Å². The van der Waals surface area contributed by atoms with E-state index in [2.05, 4.69) is 16.9 Å². The van der Waals surface area contributed by atoms with Crippen LogP contribution >= 0.6 is 22.9 Å². The fourth-order valence-corrected chi connectivity index (χ4v) is 2.32. The second-order valence-electron chi connectivity index (χ2n) is 4.15. The number of aromatic nitrogens is 1. The Kier molecular flexibility index (Phi) is 6.24. The Hall–Kier alpha value is -2.05. The lowest BCUT2D eigenvalue weighted by molar-refractivity contribution is 0.0444. The molecular weight excluding hydrogens is 324 g/mol. The van der Waals surface area contributed by atoms with Crippen LogP contribution in [0.3, 0.4) is 0 Å². The zero-order valence-corrected chi connectivity index (χ0v) is 13.3. The van der Waals surface area contributed by atoms with E-state index in [4.69, 9.17) is 21.1 Å². The average molecular weight is 339 g/mol. The summed E-state index contributed by atoms with van der Waals surface area (Å²) in [5.41, 5.74) is 0.281. The molecule has 0 amide bonds. The number of anilines is 1. The molecule has 0 bridgehead atoms. The van der Waals surface area contributed by atoms with Gasteiger partial charge in [-0.3, -0.25) is 0 Å². The number of carbonyl (C=O) groups excluding carboxylic acids is 1. The molecule has 116 valence electrons. The smallest absolute Gasteiger partial charge is 0.358 e. The maximum absolute atomic E-state index is 11.8. The number of nitrogens with zero attached hydrogens (tertiary/aromatic N) is 1. The van der Waals surface area contributed by atoms with Gasteiger partial charge in [0.1, 0.15) is 19.0 Å². The van der Waals surface area contributed by atoms with Crippen LogP contribution in [-0.2, 0) is 4.74 Å². The second-order valence-corrected chi connectivity index (χ2v) is 5.44. The van der Waals surface area contributed by atoms with Gasteiger partial charge in [-0.05, 0) is 24.3 Å². The normalized spacial score (nSPS) is 10.0. The largest absolute Gasteiger partial charge is 0.490 e. The van der Waals surface area contributed by atoms with Crippen LogP contribution in [0.25, 0.3) is 0 Å². The zero-order valence-electron chi connectivity index (χ0n) is 11.8. The van der Waals surface area contributed by atoms with E-state index in [1.165, 1.54) is 11.3 Å². The summed E-state index contributed by atoms with van der Waals surface area (Å²) in [5, 5.41) is 5.95. The summed E-state index contributed by atoms with van der Waals surface area (Å²) in [7, 11) is 0. The molecule has 0 saturated carbocycles. The molecule has 0 aliphatic rings. The SMILES string of the molecule is C=CCNc1nc(C(=O)OCCOc2ccc(Cl)cc2)cs1. The zero-order chi connectivity index (χ0) is 15.8. The van der Waals surface area contributed by atoms with E-state index < -0.39 is 5.97 Å². The molecular formula is C15H15ClN2O3S. The molecule has 0 aliphatic carbocycles. The van der Waals surface area contributed by atoms with Crippen molar-refractivity contribution in [3.8, 4) is 5.75 Å². The quantitative estimate of drug-likeness (QED) is 0.452. The highest BCUT2D eigenvalue weighted by atomic mass is 35.5. The van der Waals surface area contributed by atoms with Gasteiger partial charge in [0.15, 0.2) is 10.8 Å². The number of hydrogen-bond acceptors (Lipinski definition) is 6. The van der Waals surface area contributed by atoms with Crippen molar-refractivity contribution >= 4 is 34.0 Å². The van der Waals surface area contributed by atoms with E-state index in [-0.39, 0.29) is 18.9 Å². The summed E-state index contributed by atoms with van der Waals surface area (Å²) < 4.78 is 10.5. The molecule has 0 atom stereocenters. The standard InChI is InChI=1S/C15H15ClN2O3S/c1-2-7-17-15-18-13(10-22-15)14(19)21-9-8-20-12-5-3-11(16)4-6-12/h2-6,10H,1,7-9H2,(H,17,18). The number of ether oxygens (including phenoxy) is 2. The Bertz CT molecular complexity index is 628. The van der Waals surface area contributed by atoms with Crippen LogP contribution in [0.2, 0.25) is 5.02 Å². The minimum absolute atomic E-state index is 0.147. The van der Waals surface area contributed by atoms with Gasteiger partial charge in [0, 0.05) is 16.9 Å². The third-order valence-electron chi connectivity index (χ3n) is 2.51. The average Bonchev–Trinajstić information content (AvgIpc) is 3.00. The van der Waals surface area contributed by atoms with Crippen molar-refractivity contribution in [2.24, 2.45) is 0 Å². The van der Waals surface area contributed by atoms with Crippen molar-refractivity contribution in [2.75, 3.05) is 25.1 Å². The summed E-state index contributed by atoms with van der Waals surface area (Å²) in [4.78, 5) is 15.9. The Morgan fingerprint density at radius 2 is 2.14 bits per heavy atom. The third-order valence-corrected chi connectivity index (χ3v) is 3.56. The van der Waals surface area contributed by atoms with Gasteiger partial charge < -0.3 is 14.8 Å². The van der Waals surface area contributed by atoms with E-state index in [9.17, 15) is 4.79 Å². The van der Waals surface area contributed by atoms with Gasteiger partial charge in [-0.15, -0.1) is 17.9 Å². The summed E-state index contributed by atoms with van der Waals surface area (Å²) in [6, 6.07) is 6.97. The number of carbonyl (C=O) groups is 1. The Morgan fingerprint density at radius 3 is 2.86 bits per heavy atom. The Morgan fingerprint density at radius 1 is 1.36 bits per heavy atom. The molecule has 0 aliphatic heterocycles. The molecule has 2 aromatic rings. The molecule has 1 aromatic heterocycles. The maximum Gasteiger partial charge on any atom is 0.358 e. The highest BCUT2D eigenvalue weighted by Gasteiger charge is 2.11. The van der Waals surface area contributed by atoms with E-state index >= 15 is 0 Å². The number of rotatable bonds is 8. The molecule has 1 heterocycles. The van der Waals surface area contributed by atoms with Crippen molar-refractivity contribution in [2.45, 2.75) is 0 Å². The molecule has 0 unspecified atom stereocenters. The Labute approximate surface area is 137 Å². The van der Waals surface area contributed by atoms with E-state index in [1.54, 1.807) is 35.7 Å². The predicted molar refractivity (Wildman–Crippen MR) is 88.0 cm³/mol. The lowest BCUT2D eigenvalue weighted by Gasteiger charge is -2.06. The van der Waals surface area contributed by atoms with Crippen LogP contribution in [0.4, 0.5) is 5.13 Å². The fourth-order valence-electron chi connectivity index (χ4n) is 1.51. The fraction of sp³-hybridized carbons (Fsp3) is 0.200. The number of nitrogens with one attached hydrogen (secondary N) is 1. The molecule has 5 nitrogen and oxygen atoms in total. The molecule has 22 heavy (non-hydrogen) atoms. The van der Waals surface area contributed by atoms with Gasteiger partial charge in [0.25, 0.3) is 0 Å². The molecule has 2 rings (SSSR count). The van der Waals surface area contributed by atoms with Crippen LogP contribution < -0.4 is 10.1 Å². The third kappa shape index (κ3) is 5.05. The highest BCUT2D eigenvalue weighted by Crippen LogP contribution is 2.16. The molecule has 0 saturated heterocycles. The molecule has 0 radical (unpaired) electrons. The molecule has 0 spiro atoms. The summed E-state index contributed by atoms with van der Waals surface area (Å²) in [5.74, 6) is 0.202. The van der Waals surface area contributed by atoms with Gasteiger partial charge in [-0.1, -0.05) is 17.7 Å². The van der Waals surface area contributed by atoms with Gasteiger partial charge in [-0.2, -0.15) is 0 Å². The number of halogens is 1. The Balaban J connectivity index is 1.72. The van der Waals surface area contributed by atoms with Crippen molar-refractivity contribution < 1.29 is 14.3 Å². The molecule has 0 fully saturated rings. The highest BCUT2D eigenvalue weighted by molar-refractivity contribution is 7.13. The van der Waals surface area contributed by atoms with Gasteiger partial charge in [0.05, 0.1) is 0 Å². The summed E-state index contributed by atoms with van der Waals surface area (Å²) in [6.07, 6.45) is 1.72. The van der Waals surface area contributed by atoms with Crippen LogP contribution in [0.15, 0.2) is 42.3 Å². The first kappa shape index (κ1) is 16.3.